The lowest BCUT2D eigenvalue weighted by Crippen LogP contribution is -2.44. The molecule has 0 radical (unpaired) electrons. The normalized spacial score (nSPS) is 20.3. The number of rotatable bonds is 6. The van der Waals surface area contributed by atoms with Gasteiger partial charge in [-0.3, -0.25) is 4.98 Å². The van der Waals surface area contributed by atoms with E-state index in [0.29, 0.717) is 17.5 Å². The Morgan fingerprint density at radius 3 is 2.82 bits per heavy atom. The maximum atomic E-state index is 8.26. The number of pyridine rings is 2. The van der Waals surface area contributed by atoms with Crippen molar-refractivity contribution in [3.05, 3.63) is 59.8 Å². The molecular weight excluding hydrogens is 412 g/mol. The molecule has 1 aliphatic carbocycles. The maximum absolute atomic E-state index is 8.26. The van der Waals surface area contributed by atoms with Crippen LogP contribution in [0.3, 0.4) is 0 Å². The number of allylic oxidation sites excluding steroid dienone is 4. The second-order valence-electron chi connectivity index (χ2n) is 9.60. The summed E-state index contributed by atoms with van der Waals surface area (Å²) in [5.74, 6) is 1.63. The molecule has 3 heterocycles. The standard InChI is InChI=1S/C26H34N6O/c1-6-28-14-18-11-20(24(33-5)13-21(18)27)22-12-17-7-8-25(30-23(17)15-29-22)32-10-9-19(16-32)31-26(2,3)4/h7-8,11-15,19,27-28,31H,6,9-10,16H2,1-5H3/b18-14-,27-21?. The Hall–Kier alpha value is -3.19. The minimum absolute atomic E-state index is 0.112. The molecule has 7 nitrogen and oxygen atoms in total. The first-order chi connectivity index (χ1) is 15.8. The average molecular weight is 447 g/mol. The van der Waals surface area contributed by atoms with Gasteiger partial charge < -0.3 is 25.7 Å². The van der Waals surface area contributed by atoms with Crippen molar-refractivity contribution in [3.63, 3.8) is 0 Å². The smallest absolute Gasteiger partial charge is 0.130 e. The minimum Gasteiger partial charge on any atom is -0.496 e. The first-order valence-electron chi connectivity index (χ1n) is 11.6. The summed E-state index contributed by atoms with van der Waals surface area (Å²) >= 11 is 0. The van der Waals surface area contributed by atoms with Crippen LogP contribution in [-0.4, -0.2) is 54.0 Å². The van der Waals surface area contributed by atoms with E-state index in [1.807, 2.05) is 31.5 Å². The number of anilines is 1. The van der Waals surface area contributed by atoms with E-state index >= 15 is 0 Å². The number of methoxy groups -OCH3 is 1. The van der Waals surface area contributed by atoms with Gasteiger partial charge >= 0.3 is 0 Å². The maximum Gasteiger partial charge on any atom is 0.130 e. The van der Waals surface area contributed by atoms with Gasteiger partial charge in [0, 0.05) is 60.0 Å². The van der Waals surface area contributed by atoms with Crippen LogP contribution in [0.15, 0.2) is 54.1 Å². The second-order valence-corrected chi connectivity index (χ2v) is 9.60. The number of aromatic nitrogens is 2. The molecule has 1 fully saturated rings. The summed E-state index contributed by atoms with van der Waals surface area (Å²) in [5, 5.41) is 16.2. The van der Waals surface area contributed by atoms with Gasteiger partial charge in [-0.15, -0.1) is 0 Å². The molecule has 2 aromatic heterocycles. The summed E-state index contributed by atoms with van der Waals surface area (Å²) in [6.45, 7) is 11.4. The quantitative estimate of drug-likeness (QED) is 0.621. The monoisotopic (exact) mass is 446 g/mol. The first kappa shape index (κ1) is 23.0. The third-order valence-electron chi connectivity index (χ3n) is 5.82. The van der Waals surface area contributed by atoms with Crippen LogP contribution in [0.1, 0.15) is 39.8 Å². The fourth-order valence-electron chi connectivity index (χ4n) is 4.33. The molecule has 174 valence electrons. The molecular formula is C26H34N6O. The van der Waals surface area contributed by atoms with Crippen molar-refractivity contribution < 1.29 is 4.74 Å². The van der Waals surface area contributed by atoms with Crippen LogP contribution in [0.2, 0.25) is 0 Å². The number of ether oxygens (including phenoxy) is 1. The predicted octanol–water partition coefficient (Wildman–Crippen LogP) is 4.04. The highest BCUT2D eigenvalue weighted by Crippen LogP contribution is 2.30. The summed E-state index contributed by atoms with van der Waals surface area (Å²) in [4.78, 5) is 11.9. The van der Waals surface area contributed by atoms with Crippen molar-refractivity contribution in [2.45, 2.75) is 45.7 Å². The zero-order valence-corrected chi connectivity index (χ0v) is 20.2. The molecule has 1 unspecified atom stereocenters. The SMILES string of the molecule is CCN/C=C1/C=C(c2cc3ccc(N4CCC(NC(C)(C)C)C4)nc3cn2)C(OC)=CC1=N. The lowest BCUT2D eigenvalue weighted by molar-refractivity contribution is 0.311. The molecule has 4 rings (SSSR count). The van der Waals surface area contributed by atoms with Crippen molar-refractivity contribution in [1.29, 1.82) is 5.41 Å². The molecule has 0 amide bonds. The Labute approximate surface area is 196 Å². The van der Waals surface area contributed by atoms with Crippen LogP contribution < -0.4 is 15.5 Å². The number of fused-ring (bicyclic) bond motifs is 1. The first-order valence-corrected chi connectivity index (χ1v) is 11.6. The van der Waals surface area contributed by atoms with Gasteiger partial charge in [-0.05, 0) is 58.4 Å². The average Bonchev–Trinajstić information content (AvgIpc) is 3.24. The van der Waals surface area contributed by atoms with E-state index in [1.54, 1.807) is 13.2 Å². The van der Waals surface area contributed by atoms with Crippen LogP contribution in [0.25, 0.3) is 16.5 Å². The fraction of sp³-hybridized carbons (Fsp3) is 0.423. The van der Waals surface area contributed by atoms with Crippen molar-refractivity contribution >= 4 is 28.0 Å². The van der Waals surface area contributed by atoms with E-state index in [2.05, 4.69) is 48.4 Å². The predicted molar refractivity (Wildman–Crippen MR) is 136 cm³/mol. The van der Waals surface area contributed by atoms with Crippen molar-refractivity contribution in [1.82, 2.24) is 20.6 Å². The highest BCUT2D eigenvalue weighted by molar-refractivity contribution is 6.13. The second kappa shape index (κ2) is 9.35. The summed E-state index contributed by atoms with van der Waals surface area (Å²) in [7, 11) is 1.62. The Balaban J connectivity index is 1.59. The van der Waals surface area contributed by atoms with Crippen molar-refractivity contribution in [3.8, 4) is 0 Å². The van der Waals surface area contributed by atoms with Gasteiger partial charge in [0.25, 0.3) is 0 Å². The zero-order valence-electron chi connectivity index (χ0n) is 20.2. The molecule has 1 atom stereocenters. The van der Waals surface area contributed by atoms with Crippen molar-refractivity contribution in [2.75, 3.05) is 31.6 Å². The van der Waals surface area contributed by atoms with E-state index in [-0.39, 0.29) is 5.54 Å². The third-order valence-corrected chi connectivity index (χ3v) is 5.82. The highest BCUT2D eigenvalue weighted by atomic mass is 16.5. The van der Waals surface area contributed by atoms with Crippen LogP contribution in [0.4, 0.5) is 5.82 Å². The van der Waals surface area contributed by atoms with E-state index in [9.17, 15) is 0 Å². The Morgan fingerprint density at radius 2 is 2.09 bits per heavy atom. The number of hydrogen-bond donors (Lipinski definition) is 3. The molecule has 0 aromatic carbocycles. The molecule has 1 saturated heterocycles. The molecule has 0 saturated carbocycles. The summed E-state index contributed by atoms with van der Waals surface area (Å²) in [6, 6.07) is 6.73. The van der Waals surface area contributed by atoms with Gasteiger partial charge in [-0.25, -0.2) is 4.98 Å². The Morgan fingerprint density at radius 1 is 1.27 bits per heavy atom. The van der Waals surface area contributed by atoms with E-state index < -0.39 is 0 Å². The largest absolute Gasteiger partial charge is 0.496 e. The zero-order chi connectivity index (χ0) is 23.6. The molecule has 2 aliphatic rings. The van der Waals surface area contributed by atoms with Gasteiger partial charge in [0.2, 0.25) is 0 Å². The summed E-state index contributed by atoms with van der Waals surface area (Å²) < 4.78 is 5.56. The Bertz CT molecular complexity index is 1140. The lowest BCUT2D eigenvalue weighted by Gasteiger charge is -2.26. The van der Waals surface area contributed by atoms with Gasteiger partial charge in [0.05, 0.1) is 30.2 Å². The molecule has 33 heavy (non-hydrogen) atoms. The van der Waals surface area contributed by atoms with Gasteiger partial charge in [-0.2, -0.15) is 0 Å². The van der Waals surface area contributed by atoms with Crippen LogP contribution in [0.5, 0.6) is 0 Å². The minimum atomic E-state index is 0.112. The highest BCUT2D eigenvalue weighted by Gasteiger charge is 2.26. The fourth-order valence-corrected chi connectivity index (χ4v) is 4.33. The molecule has 0 bridgehead atoms. The van der Waals surface area contributed by atoms with Crippen LogP contribution in [-0.2, 0) is 4.74 Å². The third kappa shape index (κ3) is 5.25. The number of nitrogens with zero attached hydrogens (tertiary/aromatic N) is 3. The number of nitrogens with one attached hydrogen (secondary N) is 3. The molecule has 7 heteroatoms. The molecule has 1 aliphatic heterocycles. The summed E-state index contributed by atoms with van der Waals surface area (Å²) in [5.41, 5.74) is 3.86. The lowest BCUT2D eigenvalue weighted by atomic mass is 9.96. The number of hydrogen-bond acceptors (Lipinski definition) is 7. The van der Waals surface area contributed by atoms with Crippen LogP contribution in [0, 0.1) is 5.41 Å². The summed E-state index contributed by atoms with van der Waals surface area (Å²) in [6.07, 6.45) is 8.49. The van der Waals surface area contributed by atoms with Gasteiger partial charge in [0.15, 0.2) is 0 Å². The van der Waals surface area contributed by atoms with E-state index in [4.69, 9.17) is 20.1 Å². The Kier molecular flexibility index (Phi) is 6.51. The van der Waals surface area contributed by atoms with Gasteiger partial charge in [-0.1, -0.05) is 0 Å². The van der Waals surface area contributed by atoms with Crippen LogP contribution >= 0.6 is 0 Å². The molecule has 2 aromatic rings. The van der Waals surface area contributed by atoms with Crippen molar-refractivity contribution in [2.24, 2.45) is 0 Å². The van der Waals surface area contributed by atoms with E-state index in [0.717, 1.165) is 59.6 Å². The molecule has 0 spiro atoms. The van der Waals surface area contributed by atoms with Gasteiger partial charge in [0.1, 0.15) is 11.6 Å². The van der Waals surface area contributed by atoms with E-state index in [1.165, 1.54) is 0 Å². The topological polar surface area (TPSA) is 86.2 Å². The molecule has 3 N–H and O–H groups in total.